The molecule has 1 unspecified atom stereocenters. The van der Waals surface area contributed by atoms with Gasteiger partial charge in [0.05, 0.1) is 0 Å². The van der Waals surface area contributed by atoms with Crippen LogP contribution in [0, 0.1) is 13.8 Å². The maximum Gasteiger partial charge on any atom is 0.125 e. The summed E-state index contributed by atoms with van der Waals surface area (Å²) >= 11 is 0. The van der Waals surface area contributed by atoms with Crippen LogP contribution in [0.1, 0.15) is 43.0 Å². The van der Waals surface area contributed by atoms with Crippen LogP contribution in [-0.4, -0.2) is 36.7 Å². The Labute approximate surface area is 146 Å². The topological polar surface area (TPSA) is 24.5 Å². The molecule has 1 fully saturated rings. The minimum absolute atomic E-state index is 0. The van der Waals surface area contributed by atoms with E-state index in [0.717, 1.165) is 38.3 Å². The van der Waals surface area contributed by atoms with Crippen LogP contribution in [0.15, 0.2) is 12.1 Å². The van der Waals surface area contributed by atoms with Crippen molar-refractivity contribution >= 4 is 24.8 Å². The number of piperazine rings is 1. The van der Waals surface area contributed by atoms with Crippen LogP contribution < -0.4 is 10.1 Å². The van der Waals surface area contributed by atoms with Gasteiger partial charge < -0.3 is 10.1 Å². The molecule has 0 spiro atoms. The van der Waals surface area contributed by atoms with Gasteiger partial charge in [-0.2, -0.15) is 0 Å². The standard InChI is InChI=1S/C17H26N2O.2ClH/c1-12-9-13(2)16-14(19-7-5-18-6-8-19)11-17(3,4)20-15(16)10-12;;/h9-10,14,18H,5-8,11H2,1-4H3;2*1H. The van der Waals surface area contributed by atoms with Crippen molar-refractivity contribution in [3.05, 3.63) is 28.8 Å². The first kappa shape index (κ1) is 19.6. The molecule has 1 atom stereocenters. The quantitative estimate of drug-likeness (QED) is 0.839. The SMILES string of the molecule is Cc1cc(C)c2c(c1)OC(C)(C)CC2N1CCNCC1.Cl.Cl. The zero-order valence-corrected chi connectivity index (χ0v) is 15.6. The Morgan fingerprint density at radius 1 is 1.14 bits per heavy atom. The fraction of sp³-hybridized carbons (Fsp3) is 0.647. The molecule has 126 valence electrons. The van der Waals surface area contributed by atoms with Gasteiger partial charge in [0.15, 0.2) is 0 Å². The second-order valence-corrected chi connectivity index (χ2v) is 6.86. The van der Waals surface area contributed by atoms with Gasteiger partial charge in [0, 0.05) is 44.2 Å². The Morgan fingerprint density at radius 3 is 2.41 bits per heavy atom. The van der Waals surface area contributed by atoms with Crippen LogP contribution in [0.5, 0.6) is 5.75 Å². The molecule has 0 radical (unpaired) electrons. The predicted molar refractivity (Wildman–Crippen MR) is 96.9 cm³/mol. The summed E-state index contributed by atoms with van der Waals surface area (Å²) in [6.07, 6.45) is 1.07. The van der Waals surface area contributed by atoms with Gasteiger partial charge in [-0.3, -0.25) is 4.90 Å². The number of rotatable bonds is 1. The van der Waals surface area contributed by atoms with Crippen molar-refractivity contribution in [1.29, 1.82) is 0 Å². The zero-order chi connectivity index (χ0) is 14.3. The molecule has 22 heavy (non-hydrogen) atoms. The molecule has 1 aromatic rings. The van der Waals surface area contributed by atoms with Crippen LogP contribution >= 0.6 is 24.8 Å². The smallest absolute Gasteiger partial charge is 0.125 e. The molecule has 2 aliphatic rings. The first-order valence-corrected chi connectivity index (χ1v) is 7.71. The number of benzene rings is 1. The van der Waals surface area contributed by atoms with E-state index in [4.69, 9.17) is 4.74 Å². The normalized spacial score (nSPS) is 23.5. The van der Waals surface area contributed by atoms with Crippen molar-refractivity contribution in [1.82, 2.24) is 10.2 Å². The Balaban J connectivity index is 0.00000121. The predicted octanol–water partition coefficient (Wildman–Crippen LogP) is 3.65. The molecular weight excluding hydrogens is 319 g/mol. The summed E-state index contributed by atoms with van der Waals surface area (Å²) in [6, 6.07) is 4.99. The number of halogens is 2. The van der Waals surface area contributed by atoms with Crippen LogP contribution in [0.25, 0.3) is 0 Å². The Hall–Kier alpha value is -0.480. The summed E-state index contributed by atoms with van der Waals surface area (Å²) in [5.41, 5.74) is 4.00. The van der Waals surface area contributed by atoms with E-state index in [1.54, 1.807) is 0 Å². The molecular formula is C17H28Cl2N2O. The molecule has 1 aromatic carbocycles. The van der Waals surface area contributed by atoms with E-state index in [-0.39, 0.29) is 30.4 Å². The summed E-state index contributed by atoms with van der Waals surface area (Å²) in [7, 11) is 0. The maximum absolute atomic E-state index is 6.26. The van der Waals surface area contributed by atoms with Crippen molar-refractivity contribution in [2.24, 2.45) is 0 Å². The number of ether oxygens (including phenoxy) is 1. The van der Waals surface area contributed by atoms with E-state index < -0.39 is 0 Å². The molecule has 0 aromatic heterocycles. The molecule has 5 heteroatoms. The highest BCUT2D eigenvalue weighted by Crippen LogP contribution is 2.44. The van der Waals surface area contributed by atoms with Gasteiger partial charge in [0.2, 0.25) is 0 Å². The lowest BCUT2D eigenvalue weighted by Gasteiger charge is -2.44. The lowest BCUT2D eigenvalue weighted by atomic mass is 9.85. The van der Waals surface area contributed by atoms with E-state index in [2.05, 4.69) is 50.0 Å². The molecule has 0 bridgehead atoms. The van der Waals surface area contributed by atoms with E-state index >= 15 is 0 Å². The number of hydrogen-bond acceptors (Lipinski definition) is 3. The van der Waals surface area contributed by atoms with Crippen LogP contribution in [-0.2, 0) is 0 Å². The summed E-state index contributed by atoms with van der Waals surface area (Å²) in [4.78, 5) is 2.63. The first-order valence-electron chi connectivity index (χ1n) is 7.71. The highest BCUT2D eigenvalue weighted by molar-refractivity contribution is 5.85. The summed E-state index contributed by atoms with van der Waals surface area (Å²) in [6.45, 7) is 13.3. The third-order valence-corrected chi connectivity index (χ3v) is 4.49. The minimum atomic E-state index is -0.0806. The minimum Gasteiger partial charge on any atom is -0.487 e. The second-order valence-electron chi connectivity index (χ2n) is 6.86. The summed E-state index contributed by atoms with van der Waals surface area (Å²) in [5.74, 6) is 1.10. The Morgan fingerprint density at radius 2 is 1.77 bits per heavy atom. The number of nitrogens with zero attached hydrogens (tertiary/aromatic N) is 1. The largest absolute Gasteiger partial charge is 0.487 e. The number of fused-ring (bicyclic) bond motifs is 1. The number of nitrogens with one attached hydrogen (secondary N) is 1. The molecule has 2 aliphatic heterocycles. The Kier molecular flexibility index (Phi) is 6.58. The highest BCUT2D eigenvalue weighted by Gasteiger charge is 2.38. The molecule has 0 amide bonds. The van der Waals surface area contributed by atoms with Gasteiger partial charge in [-0.05, 0) is 44.9 Å². The monoisotopic (exact) mass is 346 g/mol. The summed E-state index contributed by atoms with van der Waals surface area (Å²) in [5, 5.41) is 3.45. The molecule has 3 rings (SSSR count). The van der Waals surface area contributed by atoms with Crippen molar-refractivity contribution in [3.8, 4) is 5.75 Å². The molecule has 0 saturated carbocycles. The van der Waals surface area contributed by atoms with Gasteiger partial charge in [0.1, 0.15) is 11.4 Å². The number of aryl methyl sites for hydroxylation is 2. The Bertz CT molecular complexity index is 514. The van der Waals surface area contributed by atoms with E-state index in [1.807, 2.05) is 0 Å². The first-order chi connectivity index (χ1) is 9.46. The molecule has 2 heterocycles. The third kappa shape index (κ3) is 3.88. The van der Waals surface area contributed by atoms with E-state index in [0.29, 0.717) is 6.04 Å². The van der Waals surface area contributed by atoms with Crippen molar-refractivity contribution < 1.29 is 4.74 Å². The van der Waals surface area contributed by atoms with Gasteiger partial charge in [0.25, 0.3) is 0 Å². The van der Waals surface area contributed by atoms with E-state index in [1.165, 1.54) is 16.7 Å². The third-order valence-electron chi connectivity index (χ3n) is 4.49. The maximum atomic E-state index is 6.26. The molecule has 1 saturated heterocycles. The lowest BCUT2D eigenvalue weighted by molar-refractivity contribution is 0.0255. The van der Waals surface area contributed by atoms with Crippen LogP contribution in [0.4, 0.5) is 0 Å². The van der Waals surface area contributed by atoms with Crippen molar-refractivity contribution in [2.75, 3.05) is 26.2 Å². The van der Waals surface area contributed by atoms with E-state index in [9.17, 15) is 0 Å². The fourth-order valence-corrected chi connectivity index (χ4v) is 3.66. The fourth-order valence-electron chi connectivity index (χ4n) is 3.66. The van der Waals surface area contributed by atoms with Gasteiger partial charge in [-0.1, -0.05) is 6.07 Å². The average Bonchev–Trinajstić information content (AvgIpc) is 2.36. The second kappa shape index (κ2) is 7.39. The van der Waals surface area contributed by atoms with Crippen LogP contribution in [0.3, 0.4) is 0 Å². The van der Waals surface area contributed by atoms with Gasteiger partial charge in [-0.15, -0.1) is 24.8 Å². The number of hydrogen-bond donors (Lipinski definition) is 1. The molecule has 0 aliphatic carbocycles. The lowest BCUT2D eigenvalue weighted by Crippen LogP contribution is -2.49. The zero-order valence-electron chi connectivity index (χ0n) is 13.9. The van der Waals surface area contributed by atoms with Gasteiger partial charge in [-0.25, -0.2) is 0 Å². The van der Waals surface area contributed by atoms with Crippen LogP contribution in [0.2, 0.25) is 0 Å². The molecule has 1 N–H and O–H groups in total. The van der Waals surface area contributed by atoms with Crippen molar-refractivity contribution in [2.45, 2.75) is 45.8 Å². The van der Waals surface area contributed by atoms with Gasteiger partial charge >= 0.3 is 0 Å². The average molecular weight is 347 g/mol. The summed E-state index contributed by atoms with van der Waals surface area (Å²) < 4.78 is 6.26. The van der Waals surface area contributed by atoms with Crippen molar-refractivity contribution in [3.63, 3.8) is 0 Å². The molecule has 3 nitrogen and oxygen atoms in total. The highest BCUT2D eigenvalue weighted by atomic mass is 35.5.